The number of fused-ring (bicyclic) bond motifs is 6. The quantitative estimate of drug-likeness (QED) is 0.199. The molecule has 1 N–H and O–H groups in total. The van der Waals surface area contributed by atoms with Crippen molar-refractivity contribution in [2.75, 3.05) is 0 Å². The largest absolute Gasteiger partial charge is 0.507 e. The van der Waals surface area contributed by atoms with E-state index in [0.29, 0.717) is 22.5 Å². The molecule has 9 aromatic rings. The van der Waals surface area contributed by atoms with Crippen molar-refractivity contribution in [1.82, 2.24) is 4.57 Å². The monoisotopic (exact) mass is 603 g/mol. The lowest BCUT2D eigenvalue weighted by molar-refractivity contribution is 0.477. The fraction of sp³-hybridized carbons (Fsp3) is 0. The van der Waals surface area contributed by atoms with Gasteiger partial charge >= 0.3 is 0 Å². The van der Waals surface area contributed by atoms with Crippen LogP contribution in [0.1, 0.15) is 0 Å². The molecule has 5 heteroatoms. The minimum Gasteiger partial charge on any atom is -0.507 e. The highest BCUT2D eigenvalue weighted by Crippen LogP contribution is 2.40. The molecule has 0 aliphatic rings. The molecule has 0 unspecified atom stereocenters. The normalized spacial score (nSPS) is 11.6. The van der Waals surface area contributed by atoms with Gasteiger partial charge in [0.25, 0.3) is 0 Å². The minimum absolute atomic E-state index is 0.167. The second kappa shape index (κ2) is 10.7. The van der Waals surface area contributed by atoms with Gasteiger partial charge in [-0.1, -0.05) is 109 Å². The van der Waals surface area contributed by atoms with E-state index in [2.05, 4.69) is 65.2 Å². The van der Waals surface area contributed by atoms with E-state index >= 15 is 0 Å². The number of hydrogen-bond acceptors (Lipinski definition) is 3. The number of phenolic OH excluding ortho intramolecular Hbond substituents is 1. The Morgan fingerprint density at radius 3 is 2.02 bits per heavy atom. The molecule has 2 aromatic heterocycles. The molecule has 4 nitrogen and oxygen atoms in total. The maximum absolute atomic E-state index is 11.3. The maximum Gasteiger partial charge on any atom is 0.143 e. The molecule has 2 radical (unpaired) electrons. The number of aromatic hydroxyl groups is 1. The van der Waals surface area contributed by atoms with Gasteiger partial charge in [-0.25, -0.2) is 0 Å². The van der Waals surface area contributed by atoms with Crippen molar-refractivity contribution in [3.63, 3.8) is 0 Å². The number of furan rings is 1. The van der Waals surface area contributed by atoms with Crippen LogP contribution in [0.4, 0.5) is 0 Å². The van der Waals surface area contributed by atoms with Gasteiger partial charge in [0.15, 0.2) is 0 Å². The first-order valence-electron chi connectivity index (χ1n) is 15.5. The molecule has 7 aromatic carbocycles. The van der Waals surface area contributed by atoms with Gasteiger partial charge in [-0.3, -0.25) is 0 Å². The Morgan fingerprint density at radius 1 is 0.553 bits per heavy atom. The number of para-hydroxylation sites is 4. The van der Waals surface area contributed by atoms with Crippen LogP contribution >= 0.6 is 0 Å². The highest BCUT2D eigenvalue weighted by molar-refractivity contribution is 6.34. The smallest absolute Gasteiger partial charge is 0.143 e. The molecular weight excluding hydrogens is 577 g/mol. The van der Waals surface area contributed by atoms with Crippen molar-refractivity contribution in [3.05, 3.63) is 152 Å². The summed E-state index contributed by atoms with van der Waals surface area (Å²) in [6.45, 7) is 0. The Balaban J connectivity index is 1.06. The number of hydrogen-bond donors (Lipinski definition) is 1. The first-order valence-corrected chi connectivity index (χ1v) is 15.5. The molecule has 2 heterocycles. The van der Waals surface area contributed by atoms with Crippen molar-refractivity contribution in [3.8, 4) is 45.2 Å². The van der Waals surface area contributed by atoms with Crippen LogP contribution in [0.3, 0.4) is 0 Å². The highest BCUT2D eigenvalue weighted by Gasteiger charge is 2.16. The summed E-state index contributed by atoms with van der Waals surface area (Å²) in [7, 11) is 6.44. The van der Waals surface area contributed by atoms with Crippen molar-refractivity contribution in [1.29, 1.82) is 0 Å². The third-order valence-electron chi connectivity index (χ3n) is 8.92. The predicted molar refractivity (Wildman–Crippen MR) is 192 cm³/mol. The van der Waals surface area contributed by atoms with Crippen LogP contribution in [0.2, 0.25) is 0 Å². The third-order valence-corrected chi connectivity index (χ3v) is 8.92. The van der Waals surface area contributed by atoms with Crippen molar-refractivity contribution < 1.29 is 14.3 Å². The van der Waals surface area contributed by atoms with Crippen LogP contribution in [-0.2, 0) is 0 Å². The molecule has 0 aliphatic heterocycles. The predicted octanol–water partition coefficient (Wildman–Crippen LogP) is 10.3. The zero-order valence-electron chi connectivity index (χ0n) is 25.2. The first kappa shape index (κ1) is 27.1. The Kier molecular flexibility index (Phi) is 6.19. The summed E-state index contributed by atoms with van der Waals surface area (Å²) in [5.74, 6) is 1.34. The number of ether oxygens (including phenoxy) is 1. The van der Waals surface area contributed by atoms with Crippen molar-refractivity contribution in [2.24, 2.45) is 0 Å². The summed E-state index contributed by atoms with van der Waals surface area (Å²) in [6.07, 6.45) is 0. The van der Waals surface area contributed by atoms with Crippen molar-refractivity contribution >= 4 is 57.1 Å². The number of rotatable bonds is 5. The second-order valence-corrected chi connectivity index (χ2v) is 11.7. The first-order chi connectivity index (χ1) is 23.1. The fourth-order valence-corrected chi connectivity index (χ4v) is 6.72. The average Bonchev–Trinajstić information content (AvgIpc) is 3.65. The molecule has 0 spiro atoms. The van der Waals surface area contributed by atoms with Crippen LogP contribution < -0.4 is 10.2 Å². The molecule has 9 rings (SSSR count). The lowest BCUT2D eigenvalue weighted by Gasteiger charge is -2.14. The lowest BCUT2D eigenvalue weighted by Crippen LogP contribution is -2.08. The van der Waals surface area contributed by atoms with E-state index in [4.69, 9.17) is 17.0 Å². The topological polar surface area (TPSA) is 47.5 Å². The Bertz CT molecular complexity index is 2600. The summed E-state index contributed by atoms with van der Waals surface area (Å²) in [5.41, 5.74) is 8.68. The standard InChI is InChI=1S/C42H26BNO3/c43-36-22-20-28(44-37-16-4-1-11-32(37)33-12-2-5-17-38(33)44)25-41(36)46-29-10-7-9-26(23-29)30-21-19-27(24-39(30)45)31-14-8-15-35-34-13-3-6-18-40(34)47-42(31)35/h1-25,45H. The number of aromatic nitrogens is 1. The molecule has 0 bridgehead atoms. The van der Waals surface area contributed by atoms with Gasteiger partial charge in [0, 0.05) is 44.4 Å². The molecule has 0 aliphatic carbocycles. The molecule has 47 heavy (non-hydrogen) atoms. The van der Waals surface area contributed by atoms with Gasteiger partial charge < -0.3 is 18.8 Å². The summed E-state index contributed by atoms with van der Waals surface area (Å²) < 4.78 is 14.9. The number of nitrogens with zero attached hydrogens (tertiary/aromatic N) is 1. The van der Waals surface area contributed by atoms with E-state index in [0.717, 1.165) is 55.3 Å². The number of benzene rings is 7. The zero-order chi connectivity index (χ0) is 31.5. The number of phenols is 1. The molecule has 0 amide bonds. The minimum atomic E-state index is 0.167. The van der Waals surface area contributed by atoms with Crippen LogP contribution in [0.15, 0.2) is 156 Å². The average molecular weight is 603 g/mol. The van der Waals surface area contributed by atoms with Crippen LogP contribution in [-0.4, -0.2) is 17.5 Å². The van der Waals surface area contributed by atoms with E-state index < -0.39 is 0 Å². The Hall–Kier alpha value is -6.20. The second-order valence-electron chi connectivity index (χ2n) is 11.7. The zero-order valence-corrected chi connectivity index (χ0v) is 25.2. The summed E-state index contributed by atoms with van der Waals surface area (Å²) >= 11 is 0. The molecular formula is C42H26BNO3. The van der Waals surface area contributed by atoms with Gasteiger partial charge in [0.05, 0.1) is 11.0 Å². The Morgan fingerprint density at radius 2 is 1.23 bits per heavy atom. The van der Waals surface area contributed by atoms with Gasteiger partial charge in [0.2, 0.25) is 0 Å². The van der Waals surface area contributed by atoms with E-state index in [9.17, 15) is 5.11 Å². The summed E-state index contributed by atoms with van der Waals surface area (Å²) in [5, 5.41) is 15.8. The molecule has 0 saturated heterocycles. The van der Waals surface area contributed by atoms with Gasteiger partial charge in [-0.05, 0) is 53.6 Å². The molecule has 0 saturated carbocycles. The van der Waals surface area contributed by atoms with Gasteiger partial charge in [-0.2, -0.15) is 0 Å². The highest BCUT2D eigenvalue weighted by atomic mass is 16.5. The van der Waals surface area contributed by atoms with Crippen LogP contribution in [0.5, 0.6) is 17.2 Å². The lowest BCUT2D eigenvalue weighted by atomic mass is 9.94. The van der Waals surface area contributed by atoms with E-state index in [1.165, 1.54) is 10.8 Å². The molecule has 0 atom stereocenters. The van der Waals surface area contributed by atoms with E-state index in [-0.39, 0.29) is 5.75 Å². The van der Waals surface area contributed by atoms with Crippen molar-refractivity contribution in [2.45, 2.75) is 0 Å². The van der Waals surface area contributed by atoms with Gasteiger partial charge in [-0.15, -0.1) is 0 Å². The summed E-state index contributed by atoms with van der Waals surface area (Å²) in [6, 6.07) is 50.2. The summed E-state index contributed by atoms with van der Waals surface area (Å²) in [4.78, 5) is 0. The third kappa shape index (κ3) is 4.47. The Labute approximate surface area is 272 Å². The van der Waals surface area contributed by atoms with Crippen LogP contribution in [0, 0.1) is 0 Å². The molecule has 0 fully saturated rings. The van der Waals surface area contributed by atoms with E-state index in [1.54, 1.807) is 6.07 Å². The fourth-order valence-electron chi connectivity index (χ4n) is 6.72. The van der Waals surface area contributed by atoms with E-state index in [1.807, 2.05) is 84.9 Å². The van der Waals surface area contributed by atoms with Gasteiger partial charge in [0.1, 0.15) is 36.3 Å². The van der Waals surface area contributed by atoms with Crippen LogP contribution in [0.25, 0.3) is 71.7 Å². The SMILES string of the molecule is [B]c1ccc(-n2c3ccccc3c3ccccc32)cc1Oc1cccc(-c2ccc(-c3cccc4c3oc3ccccc34)cc2O)c1. The molecule has 220 valence electrons. The maximum atomic E-state index is 11.3.